The van der Waals surface area contributed by atoms with Crippen molar-refractivity contribution in [3.63, 3.8) is 0 Å². The molecule has 0 aliphatic heterocycles. The minimum atomic E-state index is -0.391. The van der Waals surface area contributed by atoms with Gasteiger partial charge in [-0.25, -0.2) is 4.39 Å². The van der Waals surface area contributed by atoms with Crippen molar-refractivity contribution < 1.29 is 9.18 Å². The van der Waals surface area contributed by atoms with E-state index in [1.165, 1.54) is 12.1 Å². The lowest BCUT2D eigenvalue weighted by Crippen LogP contribution is -2.31. The molecule has 0 fully saturated rings. The second-order valence-electron chi connectivity index (χ2n) is 5.90. The van der Waals surface area contributed by atoms with Gasteiger partial charge in [0.2, 0.25) is 5.91 Å². The van der Waals surface area contributed by atoms with Crippen LogP contribution in [0.15, 0.2) is 22.7 Å². The molecular weight excluding hydrogens is 311 g/mol. The Hall–Kier alpha value is -0.940. The maximum atomic E-state index is 13.1. The Morgan fingerprint density at radius 2 is 2.11 bits per heavy atom. The topological polar surface area (TPSA) is 55.1 Å². The largest absolute Gasteiger partial charge is 0.327 e. The van der Waals surface area contributed by atoms with Gasteiger partial charge in [-0.3, -0.25) is 4.79 Å². The Morgan fingerprint density at radius 1 is 1.47 bits per heavy atom. The second-order valence-corrected chi connectivity index (χ2v) is 6.76. The summed E-state index contributed by atoms with van der Waals surface area (Å²) in [6.07, 6.45) is 0.977. The molecule has 0 radical (unpaired) electrons. The standard InChI is InChI=1S/C14H20BrFN2O/c1-14(2,3)8-10(17)7-13(19)18-12-6-9(16)4-5-11(12)15/h4-6,10H,7-8,17H2,1-3H3,(H,18,19). The highest BCUT2D eigenvalue weighted by atomic mass is 79.9. The molecule has 1 rings (SSSR count). The molecule has 0 saturated heterocycles. The van der Waals surface area contributed by atoms with Gasteiger partial charge in [0.1, 0.15) is 5.82 Å². The fourth-order valence-electron chi connectivity index (χ4n) is 1.89. The molecule has 0 heterocycles. The number of hydrogen-bond acceptors (Lipinski definition) is 2. The summed E-state index contributed by atoms with van der Waals surface area (Å²) < 4.78 is 13.7. The SMILES string of the molecule is CC(C)(C)CC(N)CC(=O)Nc1cc(F)ccc1Br. The van der Waals surface area contributed by atoms with Crippen LogP contribution >= 0.6 is 15.9 Å². The van der Waals surface area contributed by atoms with Gasteiger partial charge in [0.05, 0.1) is 5.69 Å². The predicted molar refractivity (Wildman–Crippen MR) is 79.4 cm³/mol. The lowest BCUT2D eigenvalue weighted by atomic mass is 9.87. The second kappa shape index (κ2) is 6.48. The molecule has 3 N–H and O–H groups in total. The van der Waals surface area contributed by atoms with Crippen molar-refractivity contribution in [2.75, 3.05) is 5.32 Å². The average molecular weight is 331 g/mol. The first-order chi connectivity index (χ1) is 8.67. The first-order valence-corrected chi connectivity index (χ1v) is 6.97. The van der Waals surface area contributed by atoms with Crippen molar-refractivity contribution in [3.05, 3.63) is 28.5 Å². The van der Waals surface area contributed by atoms with Gasteiger partial charge < -0.3 is 11.1 Å². The maximum Gasteiger partial charge on any atom is 0.225 e. The van der Waals surface area contributed by atoms with Crippen LogP contribution in [0.25, 0.3) is 0 Å². The number of hydrogen-bond donors (Lipinski definition) is 2. The third-order valence-corrected chi connectivity index (χ3v) is 3.22. The molecule has 0 aliphatic rings. The van der Waals surface area contributed by atoms with E-state index in [1.54, 1.807) is 6.07 Å². The molecule has 1 amide bonds. The van der Waals surface area contributed by atoms with Crippen molar-refractivity contribution >= 4 is 27.5 Å². The van der Waals surface area contributed by atoms with Gasteiger partial charge in [-0.15, -0.1) is 0 Å². The molecule has 3 nitrogen and oxygen atoms in total. The molecule has 1 aromatic rings. The molecule has 1 unspecified atom stereocenters. The summed E-state index contributed by atoms with van der Waals surface area (Å²) in [4.78, 5) is 11.8. The number of nitrogens with one attached hydrogen (secondary N) is 1. The first-order valence-electron chi connectivity index (χ1n) is 6.18. The number of nitrogens with two attached hydrogens (primary N) is 1. The van der Waals surface area contributed by atoms with Crippen molar-refractivity contribution in [1.82, 2.24) is 0 Å². The van der Waals surface area contributed by atoms with Crippen LogP contribution in [0, 0.1) is 11.2 Å². The molecule has 19 heavy (non-hydrogen) atoms. The summed E-state index contributed by atoms with van der Waals surface area (Å²) in [6.45, 7) is 6.23. The van der Waals surface area contributed by atoms with E-state index >= 15 is 0 Å². The number of carbonyl (C=O) groups is 1. The molecule has 1 atom stereocenters. The fourth-order valence-corrected chi connectivity index (χ4v) is 2.24. The van der Waals surface area contributed by atoms with Gasteiger partial charge in [0.25, 0.3) is 0 Å². The monoisotopic (exact) mass is 330 g/mol. The number of rotatable bonds is 4. The van der Waals surface area contributed by atoms with E-state index in [-0.39, 0.29) is 23.8 Å². The van der Waals surface area contributed by atoms with Crippen LogP contribution in [0.4, 0.5) is 10.1 Å². The van der Waals surface area contributed by atoms with E-state index in [0.29, 0.717) is 10.2 Å². The molecule has 106 valence electrons. The number of benzene rings is 1. The van der Waals surface area contributed by atoms with Crippen LogP contribution in [0.1, 0.15) is 33.6 Å². The van der Waals surface area contributed by atoms with Gasteiger partial charge in [-0.2, -0.15) is 0 Å². The summed E-state index contributed by atoms with van der Waals surface area (Å²) in [5.74, 6) is -0.597. The summed E-state index contributed by atoms with van der Waals surface area (Å²) in [7, 11) is 0. The molecule has 0 saturated carbocycles. The van der Waals surface area contributed by atoms with Crippen LogP contribution in [0.5, 0.6) is 0 Å². The Morgan fingerprint density at radius 3 is 2.68 bits per heavy atom. The van der Waals surface area contributed by atoms with Crippen LogP contribution < -0.4 is 11.1 Å². The van der Waals surface area contributed by atoms with Crippen molar-refractivity contribution in [2.24, 2.45) is 11.1 Å². The van der Waals surface area contributed by atoms with E-state index in [1.807, 2.05) is 0 Å². The summed E-state index contributed by atoms with van der Waals surface area (Å²) in [6, 6.07) is 3.95. The Bertz CT molecular complexity index is 457. The van der Waals surface area contributed by atoms with Crippen LogP contribution in [0.3, 0.4) is 0 Å². The van der Waals surface area contributed by atoms with E-state index in [2.05, 4.69) is 42.0 Å². The Kier molecular flexibility index (Phi) is 5.50. The van der Waals surface area contributed by atoms with Crippen molar-refractivity contribution in [1.29, 1.82) is 0 Å². The van der Waals surface area contributed by atoms with Crippen LogP contribution in [-0.2, 0) is 4.79 Å². The highest BCUT2D eigenvalue weighted by molar-refractivity contribution is 9.10. The Labute approximate surface area is 121 Å². The third-order valence-electron chi connectivity index (χ3n) is 2.52. The van der Waals surface area contributed by atoms with Crippen LogP contribution in [-0.4, -0.2) is 11.9 Å². The first kappa shape index (κ1) is 16.1. The molecule has 1 aromatic carbocycles. The van der Waals surface area contributed by atoms with Gasteiger partial charge in [-0.1, -0.05) is 20.8 Å². The highest BCUT2D eigenvalue weighted by Crippen LogP contribution is 2.24. The van der Waals surface area contributed by atoms with E-state index in [0.717, 1.165) is 6.42 Å². The van der Waals surface area contributed by atoms with Crippen molar-refractivity contribution in [2.45, 2.75) is 39.7 Å². The lowest BCUT2D eigenvalue weighted by molar-refractivity contribution is -0.116. The van der Waals surface area contributed by atoms with Gasteiger partial charge in [0.15, 0.2) is 0 Å². The number of anilines is 1. The third kappa shape index (κ3) is 6.16. The fraction of sp³-hybridized carbons (Fsp3) is 0.500. The zero-order chi connectivity index (χ0) is 14.6. The minimum Gasteiger partial charge on any atom is -0.327 e. The number of halogens is 2. The Balaban J connectivity index is 2.58. The number of amides is 1. The predicted octanol–water partition coefficient (Wildman–Crippen LogP) is 3.68. The zero-order valence-corrected chi connectivity index (χ0v) is 13.1. The van der Waals surface area contributed by atoms with Gasteiger partial charge in [0, 0.05) is 16.9 Å². The summed E-state index contributed by atoms with van der Waals surface area (Å²) in [5.41, 5.74) is 6.44. The molecule has 0 aromatic heterocycles. The van der Waals surface area contributed by atoms with Gasteiger partial charge >= 0.3 is 0 Å². The molecular formula is C14H20BrFN2O. The van der Waals surface area contributed by atoms with Crippen LogP contribution in [0.2, 0.25) is 0 Å². The molecule has 5 heteroatoms. The maximum absolute atomic E-state index is 13.1. The molecule has 0 bridgehead atoms. The quantitative estimate of drug-likeness (QED) is 0.884. The minimum absolute atomic E-state index is 0.0825. The molecule has 0 spiro atoms. The summed E-state index contributed by atoms with van der Waals surface area (Å²) >= 11 is 3.26. The smallest absolute Gasteiger partial charge is 0.225 e. The van der Waals surface area contributed by atoms with Gasteiger partial charge in [-0.05, 0) is 46.0 Å². The number of carbonyl (C=O) groups excluding carboxylic acids is 1. The lowest BCUT2D eigenvalue weighted by Gasteiger charge is -2.22. The highest BCUT2D eigenvalue weighted by Gasteiger charge is 2.18. The van der Waals surface area contributed by atoms with E-state index < -0.39 is 5.82 Å². The molecule has 0 aliphatic carbocycles. The summed E-state index contributed by atoms with van der Waals surface area (Å²) in [5, 5.41) is 2.66. The zero-order valence-electron chi connectivity index (χ0n) is 11.5. The van der Waals surface area contributed by atoms with E-state index in [9.17, 15) is 9.18 Å². The average Bonchev–Trinajstić information content (AvgIpc) is 2.20. The van der Waals surface area contributed by atoms with Crippen molar-refractivity contribution in [3.8, 4) is 0 Å². The normalized spacial score (nSPS) is 13.2. The van der Waals surface area contributed by atoms with E-state index in [4.69, 9.17) is 5.73 Å².